The van der Waals surface area contributed by atoms with Gasteiger partial charge in [-0.2, -0.15) is 0 Å². The maximum absolute atomic E-state index is 5.27. The maximum Gasteiger partial charge on any atom is 0.180 e. The highest BCUT2D eigenvalue weighted by Gasteiger charge is 2.23. The molecule has 0 radical (unpaired) electrons. The number of ether oxygens (including phenoxy) is 2. The lowest BCUT2D eigenvalue weighted by Crippen LogP contribution is -2.32. The van der Waals surface area contributed by atoms with Gasteiger partial charge in [-0.1, -0.05) is 6.07 Å². The van der Waals surface area contributed by atoms with Crippen molar-refractivity contribution in [2.45, 2.75) is 19.3 Å². The molecule has 6 nitrogen and oxygen atoms in total. The van der Waals surface area contributed by atoms with Crippen LogP contribution in [0.3, 0.4) is 0 Å². The van der Waals surface area contributed by atoms with Crippen LogP contribution in [-0.4, -0.2) is 55.5 Å². The molecule has 24 heavy (non-hydrogen) atoms. The van der Waals surface area contributed by atoms with Gasteiger partial charge in [-0.15, -0.1) is 0 Å². The SMILES string of the molecule is COCCN(CCOC)c1nc(-c2ccccn2)nc2c1CCC2. The monoisotopic (exact) mass is 328 g/mol. The smallest absolute Gasteiger partial charge is 0.180 e. The van der Waals surface area contributed by atoms with Gasteiger partial charge in [0.1, 0.15) is 11.5 Å². The van der Waals surface area contributed by atoms with Gasteiger partial charge < -0.3 is 14.4 Å². The van der Waals surface area contributed by atoms with Crippen LogP contribution in [0.1, 0.15) is 17.7 Å². The van der Waals surface area contributed by atoms with E-state index in [0.29, 0.717) is 19.0 Å². The predicted molar refractivity (Wildman–Crippen MR) is 93.3 cm³/mol. The number of pyridine rings is 1. The van der Waals surface area contributed by atoms with Gasteiger partial charge in [0.2, 0.25) is 0 Å². The van der Waals surface area contributed by atoms with Gasteiger partial charge in [0, 0.05) is 44.8 Å². The molecule has 0 spiro atoms. The van der Waals surface area contributed by atoms with Gasteiger partial charge in [0.15, 0.2) is 5.82 Å². The fourth-order valence-corrected chi connectivity index (χ4v) is 3.01. The second kappa shape index (κ2) is 8.17. The van der Waals surface area contributed by atoms with Gasteiger partial charge in [-0.25, -0.2) is 9.97 Å². The summed E-state index contributed by atoms with van der Waals surface area (Å²) in [6.07, 6.45) is 4.95. The van der Waals surface area contributed by atoms with E-state index >= 15 is 0 Å². The number of aryl methyl sites for hydroxylation is 1. The molecule has 0 saturated carbocycles. The van der Waals surface area contributed by atoms with E-state index in [2.05, 4.69) is 9.88 Å². The highest BCUT2D eigenvalue weighted by Crippen LogP contribution is 2.30. The molecule has 6 heteroatoms. The first-order valence-electron chi connectivity index (χ1n) is 8.37. The lowest BCUT2D eigenvalue weighted by molar-refractivity contribution is 0.190. The third-order valence-electron chi connectivity index (χ3n) is 4.24. The second-order valence-electron chi connectivity index (χ2n) is 5.84. The Hall–Kier alpha value is -2.05. The van der Waals surface area contributed by atoms with E-state index in [1.54, 1.807) is 20.4 Å². The Labute approximate surface area is 142 Å². The summed E-state index contributed by atoms with van der Waals surface area (Å²) in [5.74, 6) is 1.71. The molecule has 2 aromatic rings. The molecule has 0 saturated heterocycles. The standard InChI is InChI=1S/C18H24N4O2/c1-23-12-10-22(11-13-24-2)18-14-6-5-8-15(14)20-17(21-18)16-7-3-4-9-19-16/h3-4,7,9H,5-6,8,10-13H2,1-2H3. The Morgan fingerprint density at radius 3 is 2.50 bits per heavy atom. The normalized spacial score (nSPS) is 13.1. The topological polar surface area (TPSA) is 60.4 Å². The quantitative estimate of drug-likeness (QED) is 0.740. The predicted octanol–water partition coefficient (Wildman–Crippen LogP) is 2.13. The van der Waals surface area contributed by atoms with Gasteiger partial charge in [-0.05, 0) is 31.4 Å². The van der Waals surface area contributed by atoms with Crippen LogP contribution >= 0.6 is 0 Å². The van der Waals surface area contributed by atoms with Crippen molar-refractivity contribution in [1.29, 1.82) is 0 Å². The number of hydrogen-bond donors (Lipinski definition) is 0. The lowest BCUT2D eigenvalue weighted by Gasteiger charge is -2.25. The molecule has 0 aliphatic heterocycles. The van der Waals surface area contributed by atoms with Crippen LogP contribution in [0.4, 0.5) is 5.82 Å². The van der Waals surface area contributed by atoms with Gasteiger partial charge in [0.25, 0.3) is 0 Å². The van der Waals surface area contributed by atoms with Crippen molar-refractivity contribution >= 4 is 5.82 Å². The molecule has 0 amide bonds. The Bertz CT molecular complexity index is 656. The third kappa shape index (κ3) is 3.71. The molecule has 0 aromatic carbocycles. The zero-order chi connectivity index (χ0) is 16.8. The van der Waals surface area contributed by atoms with Crippen molar-refractivity contribution in [2.75, 3.05) is 45.4 Å². The fourth-order valence-electron chi connectivity index (χ4n) is 3.01. The molecule has 0 fully saturated rings. The highest BCUT2D eigenvalue weighted by atomic mass is 16.5. The first-order chi connectivity index (χ1) is 11.8. The fraction of sp³-hybridized carbons (Fsp3) is 0.500. The Balaban J connectivity index is 1.99. The molecule has 1 aliphatic rings. The molecule has 2 aromatic heterocycles. The average Bonchev–Trinajstić information content (AvgIpc) is 3.11. The van der Waals surface area contributed by atoms with Crippen LogP contribution in [0.2, 0.25) is 0 Å². The number of aromatic nitrogens is 3. The molecular weight excluding hydrogens is 304 g/mol. The Morgan fingerprint density at radius 1 is 1.04 bits per heavy atom. The molecule has 2 heterocycles. The van der Waals surface area contributed by atoms with E-state index in [-0.39, 0.29) is 0 Å². The molecule has 0 atom stereocenters. The van der Waals surface area contributed by atoms with E-state index in [9.17, 15) is 0 Å². The van der Waals surface area contributed by atoms with Crippen molar-refractivity contribution in [3.05, 3.63) is 35.7 Å². The van der Waals surface area contributed by atoms with Crippen LogP contribution in [0, 0.1) is 0 Å². The minimum atomic E-state index is 0.654. The van der Waals surface area contributed by atoms with E-state index < -0.39 is 0 Å². The van der Waals surface area contributed by atoms with Crippen molar-refractivity contribution in [1.82, 2.24) is 15.0 Å². The van der Waals surface area contributed by atoms with Crippen LogP contribution in [-0.2, 0) is 22.3 Å². The summed E-state index contributed by atoms with van der Waals surface area (Å²) in [6, 6.07) is 5.82. The first kappa shape index (κ1) is 16.8. The number of nitrogens with zero attached hydrogens (tertiary/aromatic N) is 4. The second-order valence-corrected chi connectivity index (χ2v) is 5.84. The third-order valence-corrected chi connectivity index (χ3v) is 4.24. The largest absolute Gasteiger partial charge is 0.383 e. The number of rotatable bonds is 8. The zero-order valence-corrected chi connectivity index (χ0v) is 14.4. The van der Waals surface area contributed by atoms with Crippen molar-refractivity contribution in [3.8, 4) is 11.5 Å². The minimum Gasteiger partial charge on any atom is -0.383 e. The van der Waals surface area contributed by atoms with Crippen LogP contribution in [0.5, 0.6) is 0 Å². The molecule has 0 N–H and O–H groups in total. The summed E-state index contributed by atoms with van der Waals surface area (Å²) in [5.41, 5.74) is 3.23. The Morgan fingerprint density at radius 2 is 1.83 bits per heavy atom. The van der Waals surface area contributed by atoms with E-state index in [1.807, 2.05) is 18.2 Å². The molecule has 0 unspecified atom stereocenters. The van der Waals surface area contributed by atoms with Crippen LogP contribution < -0.4 is 4.90 Å². The molecule has 0 bridgehead atoms. The van der Waals surface area contributed by atoms with Gasteiger partial charge in [-0.3, -0.25) is 4.98 Å². The number of anilines is 1. The zero-order valence-electron chi connectivity index (χ0n) is 14.4. The summed E-state index contributed by atoms with van der Waals surface area (Å²) in [4.78, 5) is 16.3. The average molecular weight is 328 g/mol. The van der Waals surface area contributed by atoms with Crippen LogP contribution in [0.15, 0.2) is 24.4 Å². The van der Waals surface area contributed by atoms with E-state index in [0.717, 1.165) is 49.6 Å². The molecule has 128 valence electrons. The molecule has 1 aliphatic carbocycles. The number of hydrogen-bond acceptors (Lipinski definition) is 6. The summed E-state index contributed by atoms with van der Waals surface area (Å²) in [6.45, 7) is 2.87. The van der Waals surface area contributed by atoms with Crippen molar-refractivity contribution in [2.24, 2.45) is 0 Å². The van der Waals surface area contributed by atoms with E-state index in [1.165, 1.54) is 5.56 Å². The summed E-state index contributed by atoms with van der Waals surface area (Å²) in [7, 11) is 3.44. The summed E-state index contributed by atoms with van der Waals surface area (Å²) >= 11 is 0. The van der Waals surface area contributed by atoms with Crippen LogP contribution in [0.25, 0.3) is 11.5 Å². The van der Waals surface area contributed by atoms with E-state index in [4.69, 9.17) is 19.4 Å². The molecular formula is C18H24N4O2. The van der Waals surface area contributed by atoms with Crippen molar-refractivity contribution in [3.63, 3.8) is 0 Å². The lowest BCUT2D eigenvalue weighted by atomic mass is 10.2. The number of methoxy groups -OCH3 is 2. The summed E-state index contributed by atoms with van der Waals surface area (Å²) in [5, 5.41) is 0. The molecule has 3 rings (SSSR count). The van der Waals surface area contributed by atoms with Gasteiger partial charge >= 0.3 is 0 Å². The van der Waals surface area contributed by atoms with Crippen molar-refractivity contribution < 1.29 is 9.47 Å². The highest BCUT2D eigenvalue weighted by molar-refractivity contribution is 5.58. The minimum absolute atomic E-state index is 0.654. The Kier molecular flexibility index (Phi) is 5.72. The summed E-state index contributed by atoms with van der Waals surface area (Å²) < 4.78 is 10.5. The number of fused-ring (bicyclic) bond motifs is 1. The van der Waals surface area contributed by atoms with Gasteiger partial charge in [0.05, 0.1) is 13.2 Å². The first-order valence-corrected chi connectivity index (χ1v) is 8.37. The maximum atomic E-state index is 5.27.